The second-order valence-electron chi connectivity index (χ2n) is 19.4. The fourth-order valence-corrected chi connectivity index (χ4v) is 9.86. The Morgan fingerprint density at radius 3 is 1.97 bits per heavy atom. The third-order valence-electron chi connectivity index (χ3n) is 13.0. The number of methoxy groups -OCH3 is 1. The Morgan fingerprint density at radius 2 is 1.40 bits per heavy atom. The van der Waals surface area contributed by atoms with Crippen LogP contribution in [0.5, 0.6) is 17.2 Å². The highest BCUT2D eigenvalue weighted by Gasteiger charge is 2.38. The van der Waals surface area contributed by atoms with E-state index >= 15 is 0 Å². The highest BCUT2D eigenvalue weighted by molar-refractivity contribution is 6.09. The summed E-state index contributed by atoms with van der Waals surface area (Å²) in [4.78, 5) is 25.9. The van der Waals surface area contributed by atoms with Crippen molar-refractivity contribution in [2.45, 2.75) is 212 Å². The average molecular weight is 967 g/mol. The maximum absolute atomic E-state index is 13.2. The number of aliphatic hydroxyl groups is 6. The van der Waals surface area contributed by atoms with Crippen molar-refractivity contribution in [3.05, 3.63) is 28.8 Å². The molecule has 18 heteroatoms. The molecule has 0 amide bonds. The number of phenols is 2. The van der Waals surface area contributed by atoms with E-state index in [0.717, 1.165) is 32.3 Å². The first-order valence-corrected chi connectivity index (χ1v) is 24.4. The summed E-state index contributed by atoms with van der Waals surface area (Å²) in [5, 5.41) is 77.3. The molecular formula is C50H78O18. The molecule has 68 heavy (non-hydrogen) atoms. The Labute approximate surface area is 399 Å². The summed E-state index contributed by atoms with van der Waals surface area (Å²) >= 11 is 0. The zero-order chi connectivity index (χ0) is 49.8. The minimum absolute atomic E-state index is 0.0371. The summed E-state index contributed by atoms with van der Waals surface area (Å²) in [5.74, 6) is -0.112. The normalized spacial score (nSPS) is 34.4. The number of aliphatic hydroxyl groups excluding tert-OH is 6. The number of phenolic OH excluding ortho intramolecular Hbond substituents is 2. The SMILES string of the molecule is CC1CC(C)OC(O)C1.CCCC(=O)C(OC)C1CC(=O)c2c(cc3cc(OC4CC(OC5CC(O)CC(C)O5)CC(C)O4)c(C)c(O)c3c2O)C1.OC1CC(O)OC(O)C1.OC1CCCOC1. The Morgan fingerprint density at radius 1 is 0.750 bits per heavy atom. The lowest BCUT2D eigenvalue weighted by atomic mass is 9.77. The van der Waals surface area contributed by atoms with Crippen LogP contribution in [-0.4, -0.2) is 153 Å². The van der Waals surface area contributed by atoms with Gasteiger partial charge >= 0.3 is 0 Å². The monoisotopic (exact) mass is 967 g/mol. The van der Waals surface area contributed by atoms with Crippen LogP contribution in [0.15, 0.2) is 12.1 Å². The fourth-order valence-electron chi connectivity index (χ4n) is 9.86. The molecule has 8 N–H and O–H groups in total. The number of rotatable bonds is 9. The van der Waals surface area contributed by atoms with Gasteiger partial charge in [0.15, 0.2) is 36.7 Å². The number of hydrogen-bond acceptors (Lipinski definition) is 18. The molecule has 5 heterocycles. The van der Waals surface area contributed by atoms with Gasteiger partial charge in [0.25, 0.3) is 0 Å². The van der Waals surface area contributed by atoms with Gasteiger partial charge < -0.3 is 78.7 Å². The van der Waals surface area contributed by atoms with Crippen molar-refractivity contribution in [3.8, 4) is 17.2 Å². The van der Waals surface area contributed by atoms with Gasteiger partial charge in [-0.3, -0.25) is 9.59 Å². The van der Waals surface area contributed by atoms with Crippen LogP contribution in [0.25, 0.3) is 10.8 Å². The number of hydrogen-bond donors (Lipinski definition) is 8. The van der Waals surface area contributed by atoms with Crippen molar-refractivity contribution in [2.24, 2.45) is 11.8 Å². The number of ether oxygens (including phenoxy) is 8. The first kappa shape index (κ1) is 55.8. The van der Waals surface area contributed by atoms with Crippen LogP contribution in [-0.2, 0) is 44.4 Å². The van der Waals surface area contributed by atoms with Gasteiger partial charge in [-0.25, -0.2) is 0 Å². The topological polar surface area (TPSA) is 270 Å². The molecule has 1 aliphatic carbocycles. The Kier molecular flexibility index (Phi) is 21.7. The summed E-state index contributed by atoms with van der Waals surface area (Å²) < 4.78 is 44.5. The molecule has 0 radical (unpaired) electrons. The number of Topliss-reactive ketones (excluding diaryl/α,β-unsaturated/α-hetero) is 2. The van der Waals surface area contributed by atoms with Crippen molar-refractivity contribution in [1.29, 1.82) is 0 Å². The maximum atomic E-state index is 13.2. The van der Waals surface area contributed by atoms with Gasteiger partial charge in [0.2, 0.25) is 6.29 Å². The lowest BCUT2D eigenvalue weighted by Crippen LogP contribution is -2.43. The first-order chi connectivity index (χ1) is 32.2. The minimum atomic E-state index is -1.01. The number of carbonyl (C=O) groups is 2. The second kappa shape index (κ2) is 26.4. The van der Waals surface area contributed by atoms with Crippen molar-refractivity contribution >= 4 is 22.3 Å². The average Bonchev–Trinajstić information content (AvgIpc) is 3.22. The lowest BCUT2D eigenvalue weighted by molar-refractivity contribution is -0.258. The van der Waals surface area contributed by atoms with Crippen LogP contribution in [0.3, 0.4) is 0 Å². The van der Waals surface area contributed by atoms with Crippen LogP contribution in [0.2, 0.25) is 0 Å². The van der Waals surface area contributed by atoms with Gasteiger partial charge in [-0.2, -0.15) is 0 Å². The Balaban J connectivity index is 0.000000276. The van der Waals surface area contributed by atoms with Crippen LogP contribution in [0.4, 0.5) is 0 Å². The second-order valence-corrected chi connectivity index (χ2v) is 19.4. The maximum Gasteiger partial charge on any atom is 0.202 e. The van der Waals surface area contributed by atoms with Gasteiger partial charge in [-0.15, -0.1) is 0 Å². The van der Waals surface area contributed by atoms with E-state index in [0.29, 0.717) is 79.7 Å². The standard InChI is InChI=1S/C33H44O10.C7H14O2.C5H10O4.C5H10O2/c1-6-7-24(35)33(39-5)21-11-19-10-20-13-26(18(4)31(37)30(20)32(38)29(19)25(36)12-21)43-28-15-23(9-17(3)41-28)42-27-14-22(34)8-16(2)40-27;1-5-3-6(2)9-7(8)4-5;6-3-1-4(7)9-5(8)2-3;6-5-2-1-3-7-4-5/h10,13,16-17,21-23,27-28,33-34,37-38H,6-9,11-12,14-15H2,1-5H3;5-8H,3-4H2,1-2H3;3-8H,1-2H2;5-6H,1-4H2. The molecule has 0 saturated carbocycles. The van der Waals surface area contributed by atoms with E-state index in [1.54, 1.807) is 19.1 Å². The fraction of sp³-hybridized carbons (Fsp3) is 0.760. The molecule has 386 valence electrons. The summed E-state index contributed by atoms with van der Waals surface area (Å²) in [6.07, 6.45) is 1.84. The number of ketones is 2. The molecule has 2 aromatic rings. The molecule has 5 aliphatic heterocycles. The van der Waals surface area contributed by atoms with Crippen LogP contribution < -0.4 is 4.74 Å². The Bertz CT molecular complexity index is 1820. The molecule has 0 aromatic heterocycles. The molecular weight excluding hydrogens is 889 g/mol. The molecule has 14 unspecified atom stereocenters. The molecule has 2 aromatic carbocycles. The van der Waals surface area contributed by atoms with E-state index in [1.165, 1.54) is 7.11 Å². The largest absolute Gasteiger partial charge is 0.507 e. The van der Waals surface area contributed by atoms with Gasteiger partial charge in [0.05, 0.1) is 60.3 Å². The van der Waals surface area contributed by atoms with Gasteiger partial charge in [0, 0.05) is 76.6 Å². The Hall–Kier alpha value is -3.08. The van der Waals surface area contributed by atoms with Crippen LogP contribution in [0, 0.1) is 18.8 Å². The summed E-state index contributed by atoms with van der Waals surface area (Å²) in [5.41, 5.74) is 1.19. The van der Waals surface area contributed by atoms with Crippen LogP contribution in [0.1, 0.15) is 140 Å². The zero-order valence-corrected chi connectivity index (χ0v) is 40.8. The summed E-state index contributed by atoms with van der Waals surface area (Å²) in [6, 6.07) is 3.51. The molecule has 0 spiro atoms. The predicted molar refractivity (Wildman–Crippen MR) is 247 cm³/mol. The summed E-state index contributed by atoms with van der Waals surface area (Å²) in [7, 11) is 1.48. The molecule has 5 fully saturated rings. The highest BCUT2D eigenvalue weighted by Crippen LogP contribution is 2.46. The van der Waals surface area contributed by atoms with E-state index in [1.807, 2.05) is 27.7 Å². The van der Waals surface area contributed by atoms with E-state index in [4.69, 9.17) is 58.7 Å². The van der Waals surface area contributed by atoms with E-state index in [-0.39, 0.29) is 89.7 Å². The third-order valence-corrected chi connectivity index (χ3v) is 13.0. The number of benzene rings is 2. The first-order valence-electron chi connectivity index (χ1n) is 24.4. The van der Waals surface area contributed by atoms with Crippen molar-refractivity contribution in [1.82, 2.24) is 0 Å². The lowest BCUT2D eigenvalue weighted by Gasteiger charge is -2.38. The van der Waals surface area contributed by atoms with Gasteiger partial charge in [-0.1, -0.05) is 13.8 Å². The molecule has 6 aliphatic rings. The van der Waals surface area contributed by atoms with E-state index in [9.17, 15) is 24.9 Å². The van der Waals surface area contributed by atoms with Gasteiger partial charge in [-0.05, 0) is 95.2 Å². The zero-order valence-electron chi connectivity index (χ0n) is 40.8. The van der Waals surface area contributed by atoms with Crippen molar-refractivity contribution in [3.63, 3.8) is 0 Å². The number of fused-ring (bicyclic) bond motifs is 2. The molecule has 0 bridgehead atoms. The summed E-state index contributed by atoms with van der Waals surface area (Å²) in [6.45, 7) is 13.0. The van der Waals surface area contributed by atoms with Crippen molar-refractivity contribution < 1.29 is 88.3 Å². The predicted octanol–water partition coefficient (Wildman–Crippen LogP) is 4.96. The smallest absolute Gasteiger partial charge is 0.202 e. The molecule has 5 saturated heterocycles. The van der Waals surface area contributed by atoms with Gasteiger partial charge in [0.1, 0.15) is 23.4 Å². The third kappa shape index (κ3) is 16.2. The molecule has 18 nitrogen and oxygen atoms in total. The van der Waals surface area contributed by atoms with Crippen LogP contribution >= 0.6 is 0 Å². The molecule has 14 atom stereocenters. The van der Waals surface area contributed by atoms with E-state index < -0.39 is 49.8 Å². The molecule has 8 rings (SSSR count). The minimum Gasteiger partial charge on any atom is -0.507 e. The highest BCUT2D eigenvalue weighted by atomic mass is 16.7. The number of aromatic hydroxyl groups is 2. The van der Waals surface area contributed by atoms with Crippen molar-refractivity contribution in [2.75, 3.05) is 20.3 Å². The number of carbonyl (C=O) groups excluding carboxylic acids is 2. The van der Waals surface area contributed by atoms with E-state index in [2.05, 4.69) is 11.7 Å². The quantitative estimate of drug-likeness (QED) is 0.165.